The van der Waals surface area contributed by atoms with E-state index in [1.165, 1.54) is 7.11 Å². The van der Waals surface area contributed by atoms with Crippen LogP contribution in [-0.2, 0) is 25.7 Å². The number of unbranched alkanes of at least 4 members (excludes halogenated alkanes) is 1. The summed E-state index contributed by atoms with van der Waals surface area (Å²) in [5.41, 5.74) is 2.01. The van der Waals surface area contributed by atoms with Crippen molar-refractivity contribution in [2.75, 3.05) is 13.7 Å². The second kappa shape index (κ2) is 10.6. The Morgan fingerprint density at radius 2 is 1.76 bits per heavy atom. The molecule has 7 heteroatoms. The zero-order chi connectivity index (χ0) is 20.5. The number of nitrogens with one attached hydrogen (secondary N) is 1. The minimum absolute atomic E-state index is 0.0127. The smallest absolute Gasteiger partial charge is 0.408 e. The molecule has 0 radical (unpaired) electrons. The van der Waals surface area contributed by atoms with Gasteiger partial charge in [-0.3, -0.25) is 4.84 Å². The van der Waals surface area contributed by atoms with Crippen LogP contribution >= 0.6 is 0 Å². The van der Waals surface area contributed by atoms with Crippen LogP contribution < -0.4 is 5.32 Å². The number of benzene rings is 2. The number of hydroxylamine groups is 2. The average Bonchev–Trinajstić information content (AvgIpc) is 3.55. The summed E-state index contributed by atoms with van der Waals surface area (Å²) in [4.78, 5) is 29.6. The molecule has 0 saturated carbocycles. The van der Waals surface area contributed by atoms with Gasteiger partial charge in [-0.25, -0.2) is 9.59 Å². The van der Waals surface area contributed by atoms with E-state index in [0.717, 1.165) is 30.5 Å². The second-order valence-corrected chi connectivity index (χ2v) is 6.79. The van der Waals surface area contributed by atoms with E-state index in [2.05, 4.69) is 5.32 Å². The van der Waals surface area contributed by atoms with E-state index in [1.807, 2.05) is 65.7 Å². The molecular weight excluding hydrogens is 372 g/mol. The van der Waals surface area contributed by atoms with Crippen LogP contribution in [0.3, 0.4) is 0 Å². The van der Waals surface area contributed by atoms with E-state index >= 15 is 0 Å². The fourth-order valence-corrected chi connectivity index (χ4v) is 3.03. The van der Waals surface area contributed by atoms with Crippen molar-refractivity contribution in [1.82, 2.24) is 10.4 Å². The summed E-state index contributed by atoms with van der Waals surface area (Å²) < 4.78 is 9.98. The summed E-state index contributed by atoms with van der Waals surface area (Å²) in [5, 5.41) is 4.50. The highest BCUT2D eigenvalue weighted by Crippen LogP contribution is 2.36. The summed E-state index contributed by atoms with van der Waals surface area (Å²) in [6.45, 7) is 0.902. The van der Waals surface area contributed by atoms with Crippen LogP contribution in [0.4, 0.5) is 4.79 Å². The lowest BCUT2D eigenvalue weighted by Crippen LogP contribution is -2.41. The molecule has 0 spiro atoms. The molecule has 1 aliphatic rings. The third kappa shape index (κ3) is 6.58. The van der Waals surface area contributed by atoms with Crippen molar-refractivity contribution in [3.8, 4) is 0 Å². The molecule has 0 bridgehead atoms. The van der Waals surface area contributed by atoms with Crippen molar-refractivity contribution < 1.29 is 23.9 Å². The second-order valence-electron chi connectivity index (χ2n) is 6.79. The highest BCUT2D eigenvalue weighted by atomic mass is 16.8. The molecule has 0 aliphatic carbocycles. The minimum atomic E-state index is -0.733. The molecule has 0 aromatic heterocycles. The van der Waals surface area contributed by atoms with Gasteiger partial charge in [0.1, 0.15) is 12.6 Å². The number of hydrogen-bond donors (Lipinski definition) is 1. The topological polar surface area (TPSA) is 80.2 Å². The van der Waals surface area contributed by atoms with E-state index in [1.54, 1.807) is 0 Å². The third-order valence-corrected chi connectivity index (χ3v) is 4.65. The predicted molar refractivity (Wildman–Crippen MR) is 106 cm³/mol. The number of alkyl carbamates (subject to hydrolysis) is 1. The molecule has 154 valence electrons. The molecule has 3 rings (SSSR count). The summed E-state index contributed by atoms with van der Waals surface area (Å²) in [6.07, 6.45) is 1.41. The lowest BCUT2D eigenvalue weighted by molar-refractivity contribution is -0.143. The number of methoxy groups -OCH3 is 1. The van der Waals surface area contributed by atoms with Crippen molar-refractivity contribution in [2.24, 2.45) is 0 Å². The Morgan fingerprint density at radius 3 is 2.45 bits per heavy atom. The summed E-state index contributed by atoms with van der Waals surface area (Å²) in [6, 6.07) is 18.6. The standard InChI is InChI=1S/C22H26N2O5/c1-27-21(25)19(23-22(26)28-16-17-10-4-2-5-11-17)14-8-9-15-24-20(29-24)18-12-6-3-7-13-18/h2-7,10-13,19-20H,8-9,14-16H2,1H3,(H,23,26). The molecule has 1 fully saturated rings. The Bertz CT molecular complexity index is 784. The number of rotatable bonds is 10. The Balaban J connectivity index is 1.36. The van der Waals surface area contributed by atoms with Gasteiger partial charge >= 0.3 is 12.1 Å². The molecule has 3 atom stereocenters. The van der Waals surface area contributed by atoms with E-state index in [-0.39, 0.29) is 12.8 Å². The molecule has 3 unspecified atom stereocenters. The van der Waals surface area contributed by atoms with E-state index in [9.17, 15) is 9.59 Å². The van der Waals surface area contributed by atoms with Crippen LogP contribution in [0.15, 0.2) is 60.7 Å². The lowest BCUT2D eigenvalue weighted by atomic mass is 10.1. The molecule has 7 nitrogen and oxygen atoms in total. The Hall–Kier alpha value is -2.90. The van der Waals surface area contributed by atoms with Crippen LogP contribution in [0.2, 0.25) is 0 Å². The first-order valence-electron chi connectivity index (χ1n) is 9.71. The summed E-state index contributed by atoms with van der Waals surface area (Å²) >= 11 is 0. The number of hydrogen-bond acceptors (Lipinski definition) is 6. The van der Waals surface area contributed by atoms with E-state index < -0.39 is 18.1 Å². The monoisotopic (exact) mass is 398 g/mol. The SMILES string of the molecule is COC(=O)C(CCCCN1OC1c1ccccc1)NC(=O)OCc1ccccc1. The number of carbonyl (C=O) groups is 2. The largest absolute Gasteiger partial charge is 0.467 e. The normalized spacial score (nSPS) is 18.5. The predicted octanol–water partition coefficient (Wildman–Crippen LogP) is 3.57. The van der Waals surface area contributed by atoms with Crippen molar-refractivity contribution in [2.45, 2.75) is 38.1 Å². The molecule has 1 N–H and O–H groups in total. The van der Waals surface area contributed by atoms with Gasteiger partial charge in [0, 0.05) is 6.54 Å². The third-order valence-electron chi connectivity index (χ3n) is 4.65. The first-order chi connectivity index (χ1) is 14.2. The quantitative estimate of drug-likeness (QED) is 0.374. The Morgan fingerprint density at radius 1 is 1.07 bits per heavy atom. The molecule has 1 saturated heterocycles. The van der Waals surface area contributed by atoms with Crippen molar-refractivity contribution in [1.29, 1.82) is 0 Å². The van der Waals surface area contributed by atoms with Crippen LogP contribution in [0.5, 0.6) is 0 Å². The average molecular weight is 398 g/mol. The van der Waals surface area contributed by atoms with Crippen molar-refractivity contribution in [3.05, 3.63) is 71.8 Å². The number of ether oxygens (including phenoxy) is 2. The maximum absolute atomic E-state index is 12.0. The fraction of sp³-hybridized carbons (Fsp3) is 0.364. The molecule has 29 heavy (non-hydrogen) atoms. The molecular formula is C22H26N2O5. The van der Waals surface area contributed by atoms with Crippen LogP contribution in [-0.4, -0.2) is 36.8 Å². The highest BCUT2D eigenvalue weighted by molar-refractivity contribution is 5.81. The first kappa shape index (κ1) is 20.8. The maximum atomic E-state index is 12.0. The van der Waals surface area contributed by atoms with Gasteiger partial charge in [-0.05, 0) is 30.4 Å². The van der Waals surface area contributed by atoms with Crippen molar-refractivity contribution >= 4 is 12.1 Å². The van der Waals surface area contributed by atoms with E-state index in [4.69, 9.17) is 14.3 Å². The van der Waals surface area contributed by atoms with Crippen LogP contribution in [0.1, 0.15) is 36.6 Å². The first-order valence-corrected chi connectivity index (χ1v) is 9.71. The molecule has 1 amide bonds. The van der Waals surface area contributed by atoms with Gasteiger partial charge < -0.3 is 14.8 Å². The van der Waals surface area contributed by atoms with Crippen LogP contribution in [0, 0.1) is 0 Å². The Labute approximate surface area is 170 Å². The zero-order valence-corrected chi connectivity index (χ0v) is 16.5. The summed E-state index contributed by atoms with van der Waals surface area (Å²) in [5.74, 6) is -0.480. The van der Waals surface area contributed by atoms with Gasteiger partial charge in [-0.15, -0.1) is 0 Å². The van der Waals surface area contributed by atoms with Gasteiger partial charge in [-0.2, -0.15) is 5.06 Å². The Kier molecular flexibility index (Phi) is 7.61. The molecule has 1 aliphatic heterocycles. The number of esters is 1. The fourth-order valence-electron chi connectivity index (χ4n) is 3.03. The highest BCUT2D eigenvalue weighted by Gasteiger charge is 2.37. The van der Waals surface area contributed by atoms with Gasteiger partial charge in [-0.1, -0.05) is 60.7 Å². The molecule has 1 heterocycles. The van der Waals surface area contributed by atoms with Gasteiger partial charge in [0.25, 0.3) is 0 Å². The summed E-state index contributed by atoms with van der Waals surface area (Å²) in [7, 11) is 1.31. The van der Waals surface area contributed by atoms with Crippen molar-refractivity contribution in [3.63, 3.8) is 0 Å². The lowest BCUT2D eigenvalue weighted by Gasteiger charge is -2.16. The molecule has 2 aromatic rings. The van der Waals surface area contributed by atoms with Gasteiger partial charge in [0.15, 0.2) is 6.23 Å². The van der Waals surface area contributed by atoms with Crippen LogP contribution in [0.25, 0.3) is 0 Å². The van der Waals surface area contributed by atoms with Gasteiger partial charge in [0.05, 0.1) is 7.11 Å². The minimum Gasteiger partial charge on any atom is -0.467 e. The number of nitrogens with zero attached hydrogens (tertiary/aromatic N) is 1. The number of amides is 1. The van der Waals surface area contributed by atoms with Gasteiger partial charge in [0.2, 0.25) is 0 Å². The maximum Gasteiger partial charge on any atom is 0.408 e. The molecule has 2 aromatic carbocycles. The van der Waals surface area contributed by atoms with E-state index in [0.29, 0.717) is 6.42 Å². The zero-order valence-electron chi connectivity index (χ0n) is 16.5. The number of carbonyl (C=O) groups excluding carboxylic acids is 2.